The zero-order chi connectivity index (χ0) is 52.3. The van der Waals surface area contributed by atoms with Crippen molar-refractivity contribution in [3.63, 3.8) is 0 Å². The molecule has 24 nitrogen and oxygen atoms in total. The lowest BCUT2D eigenvalue weighted by Gasteiger charge is -2.27. The Kier molecular flexibility index (Phi) is 17.5. The molecule has 0 fully saturated rings. The lowest BCUT2D eigenvalue weighted by Crippen LogP contribution is -2.29. The maximum atomic E-state index is 13.5. The Morgan fingerprint density at radius 3 is 1.51 bits per heavy atom. The van der Waals surface area contributed by atoms with Crippen molar-refractivity contribution < 1.29 is 101 Å². The lowest BCUT2D eigenvalue weighted by atomic mass is 9.79. The van der Waals surface area contributed by atoms with E-state index in [-0.39, 0.29) is 72.4 Å². The Morgan fingerprint density at radius 2 is 1.03 bits per heavy atom. The number of benzene rings is 2. The molecule has 2 aliphatic rings. The molecule has 384 valence electrons. The maximum absolute atomic E-state index is 13.5. The highest BCUT2D eigenvalue weighted by Gasteiger charge is 2.48. The van der Waals surface area contributed by atoms with Gasteiger partial charge < -0.3 is 14.4 Å². The van der Waals surface area contributed by atoms with Crippen molar-refractivity contribution in [3.05, 3.63) is 82.6 Å². The van der Waals surface area contributed by atoms with Gasteiger partial charge in [-0.3, -0.25) is 27.3 Å². The average molecular weight is 1090 g/mol. The molecule has 4 rings (SSSR count). The van der Waals surface area contributed by atoms with Gasteiger partial charge in [-0.25, -0.2) is 9.59 Å². The molecule has 2 heterocycles. The fourth-order valence-corrected chi connectivity index (χ4v) is 11.0. The Morgan fingerprint density at radius 1 is 0.580 bits per heavy atom. The quantitative estimate of drug-likeness (QED) is 0.0306. The van der Waals surface area contributed by atoms with E-state index in [4.69, 9.17) is 18.6 Å². The first-order valence-electron chi connectivity index (χ1n) is 20.3. The molecule has 0 unspecified atom stereocenters. The molecular weight excluding hydrogens is 1040 g/mol. The summed E-state index contributed by atoms with van der Waals surface area (Å²) in [6.45, 7) is 4.95. The summed E-state index contributed by atoms with van der Waals surface area (Å²) in [6.07, 6.45) is 6.23. The zero-order valence-corrected chi connectivity index (χ0v) is 42.1. The van der Waals surface area contributed by atoms with Gasteiger partial charge in [-0.1, -0.05) is 32.1 Å². The molecule has 0 aliphatic carbocycles. The zero-order valence-electron chi connectivity index (χ0n) is 37.2. The number of carbonyl (C=O) groups is 2. The van der Waals surface area contributed by atoms with E-state index in [1.807, 2.05) is 0 Å². The number of hydrogen-bond donors (Lipinski definition) is 6. The third kappa shape index (κ3) is 15.3. The predicted octanol–water partition coefficient (Wildman–Crippen LogP) is 2.78. The van der Waals surface area contributed by atoms with Crippen LogP contribution in [-0.2, 0) is 81.0 Å². The number of esters is 2. The van der Waals surface area contributed by atoms with Crippen LogP contribution < -0.4 is 4.90 Å². The summed E-state index contributed by atoms with van der Waals surface area (Å²) in [7, 11) is -27.9. The van der Waals surface area contributed by atoms with Gasteiger partial charge in [0.2, 0.25) is 5.69 Å². The van der Waals surface area contributed by atoms with Crippen LogP contribution in [0.3, 0.4) is 0 Å². The van der Waals surface area contributed by atoms with E-state index < -0.39 is 129 Å². The average Bonchev–Trinajstić information content (AvgIpc) is 3.52. The van der Waals surface area contributed by atoms with Gasteiger partial charge in [-0.15, -0.1) is 0 Å². The van der Waals surface area contributed by atoms with Crippen molar-refractivity contribution >= 4 is 89.7 Å². The highest BCUT2D eigenvalue weighted by Crippen LogP contribution is 2.51. The number of rotatable bonds is 23. The molecule has 0 radical (unpaired) electrons. The normalized spacial score (nSPS) is 17.0. The van der Waals surface area contributed by atoms with Crippen LogP contribution in [0.15, 0.2) is 70.1 Å². The highest BCUT2D eigenvalue weighted by atomic mass is 32.2. The van der Waals surface area contributed by atoms with Crippen molar-refractivity contribution in [2.45, 2.75) is 74.0 Å². The fraction of sp³-hybridized carbons (Fsp3) is 0.462. The van der Waals surface area contributed by atoms with Crippen molar-refractivity contribution in [3.8, 4) is 0 Å². The standard InChI is InChI=1S/C39H50N2O22S6/c1-38(2)32(40(14-8-18-64(44,45)46)30-24-26(68(56,57)58)22-28(34(30)38)36(42)62-16-10-20-66(50,51)52)12-6-5-7-13-33-39(3,4)35-29(37(43)63-17-11-21-67(53,54)55)23-27(69(59,60)61)25-31(35)41(33)15-9-19-65(47,48)49/h5-7,12-13,22-25H,8-11,14-21H2,1-4H3,(H5-,44,45,46,47,48,49,50,51,52,53,54,55,56,57,58,59,60,61)/p+1. The Balaban J connectivity index is 1.86. The van der Waals surface area contributed by atoms with Crippen LogP contribution in [-0.4, -0.2) is 149 Å². The third-order valence-electron chi connectivity index (χ3n) is 10.8. The molecule has 0 spiro atoms. The number of anilines is 1. The van der Waals surface area contributed by atoms with Crippen molar-refractivity contribution in [1.82, 2.24) is 0 Å². The molecule has 2 aromatic carbocycles. The molecule has 0 aromatic heterocycles. The molecule has 6 N–H and O–H groups in total. The van der Waals surface area contributed by atoms with Crippen molar-refractivity contribution in [2.24, 2.45) is 0 Å². The summed E-state index contributed by atoms with van der Waals surface area (Å²) >= 11 is 0. The monoisotopic (exact) mass is 1090 g/mol. The smallest absolute Gasteiger partial charge is 0.338 e. The van der Waals surface area contributed by atoms with Gasteiger partial charge in [-0.05, 0) is 57.4 Å². The van der Waals surface area contributed by atoms with Crippen LogP contribution >= 0.6 is 0 Å². The van der Waals surface area contributed by atoms with Crippen molar-refractivity contribution in [1.29, 1.82) is 0 Å². The number of nitrogens with zero attached hydrogens (tertiary/aromatic N) is 2. The van der Waals surface area contributed by atoms with Crippen LogP contribution in [0.25, 0.3) is 0 Å². The van der Waals surface area contributed by atoms with Crippen LogP contribution in [0.1, 0.15) is 85.2 Å². The van der Waals surface area contributed by atoms with E-state index in [2.05, 4.69) is 0 Å². The lowest BCUT2D eigenvalue weighted by molar-refractivity contribution is -0.437. The van der Waals surface area contributed by atoms with Crippen LogP contribution in [0.4, 0.5) is 11.4 Å². The molecule has 0 saturated carbocycles. The summed E-state index contributed by atoms with van der Waals surface area (Å²) in [5, 5.41) is 0. The number of ether oxygens (including phenoxy) is 2. The second kappa shape index (κ2) is 21.1. The summed E-state index contributed by atoms with van der Waals surface area (Å²) in [5.41, 5.74) is -2.41. The number of allylic oxidation sites excluding steroid dienone is 6. The molecule has 2 aromatic rings. The molecule has 30 heteroatoms. The van der Waals surface area contributed by atoms with E-state index in [9.17, 15) is 78.3 Å². The molecule has 2 aliphatic heterocycles. The largest absolute Gasteiger partial charge is 0.462 e. The molecule has 0 atom stereocenters. The fourth-order valence-electron chi connectivity index (χ4n) is 7.97. The minimum Gasteiger partial charge on any atom is -0.462 e. The first kappa shape index (κ1) is 57.1. The summed E-state index contributed by atoms with van der Waals surface area (Å²) in [4.78, 5) is 27.0. The van der Waals surface area contributed by atoms with Crippen molar-refractivity contribution in [2.75, 3.05) is 54.2 Å². The highest BCUT2D eigenvalue weighted by molar-refractivity contribution is 7.87. The van der Waals surface area contributed by atoms with Gasteiger partial charge in [0.15, 0.2) is 5.71 Å². The van der Waals surface area contributed by atoms with E-state index >= 15 is 0 Å². The van der Waals surface area contributed by atoms with Gasteiger partial charge in [-0.2, -0.15) is 55.1 Å². The van der Waals surface area contributed by atoms with E-state index in [1.165, 1.54) is 39.9 Å². The third-order valence-corrected chi connectivity index (χ3v) is 15.7. The minimum absolute atomic E-state index is 0.00382. The topological polar surface area (TPSA) is 385 Å². The van der Waals surface area contributed by atoms with Gasteiger partial charge in [0.1, 0.15) is 11.4 Å². The SMILES string of the molecule is CC1(C)C(/C=C/C=C/C=C2/N(CCCS(=O)(=O)O)c3cc(S(=O)(=O)O)cc(C(=O)OCCCS(=O)(=O)O)c3C2(C)C)=[N+](CCCS(=O)(=O)O)c2cc(S(=O)(=O)O)cc(C(=O)OCCCS(=O)(=O)O)c21. The van der Waals surface area contributed by atoms with Crippen LogP contribution in [0, 0.1) is 0 Å². The maximum Gasteiger partial charge on any atom is 0.338 e. The predicted molar refractivity (Wildman–Crippen MR) is 247 cm³/mol. The Bertz CT molecular complexity index is 3210. The number of fused-ring (bicyclic) bond motifs is 2. The summed E-state index contributed by atoms with van der Waals surface area (Å²) in [6, 6.07) is 3.74. The molecule has 0 amide bonds. The second-order valence-electron chi connectivity index (χ2n) is 16.7. The van der Waals surface area contributed by atoms with E-state index in [1.54, 1.807) is 27.7 Å². The van der Waals surface area contributed by atoms with Crippen LogP contribution in [0.2, 0.25) is 0 Å². The van der Waals surface area contributed by atoms with E-state index in [0.717, 1.165) is 24.3 Å². The van der Waals surface area contributed by atoms with Gasteiger partial charge in [0.05, 0.1) is 63.2 Å². The van der Waals surface area contributed by atoms with Crippen LogP contribution in [0.5, 0.6) is 0 Å². The Hall–Kier alpha value is -4.47. The van der Waals surface area contributed by atoms with Gasteiger partial charge >= 0.3 is 11.9 Å². The molecular formula is C39H51N2O22S6+. The number of hydrogen-bond acceptors (Lipinski definition) is 17. The first-order chi connectivity index (χ1) is 31.3. The molecule has 69 heavy (non-hydrogen) atoms. The van der Waals surface area contributed by atoms with Gasteiger partial charge in [0, 0.05) is 47.5 Å². The second-order valence-corrected chi connectivity index (χ2v) is 25.9. The summed E-state index contributed by atoms with van der Waals surface area (Å²) < 4.78 is 211. The molecule has 0 saturated heterocycles. The minimum atomic E-state index is -5.02. The molecule has 0 bridgehead atoms. The number of carbonyl (C=O) groups excluding carboxylic acids is 2. The van der Waals surface area contributed by atoms with E-state index in [0.29, 0.717) is 11.4 Å². The first-order valence-corrected chi connectivity index (χ1v) is 29.6. The van der Waals surface area contributed by atoms with Gasteiger partial charge in [0.25, 0.3) is 60.7 Å². The summed E-state index contributed by atoms with van der Waals surface area (Å²) in [5.74, 6) is -5.32. The Labute approximate surface area is 399 Å².